The normalized spacial score (nSPS) is 8.69. The molecule has 0 saturated heterocycles. The molecule has 7 nitrogen and oxygen atoms in total. The summed E-state index contributed by atoms with van der Waals surface area (Å²) in [6.45, 7) is -0.0556. The summed E-state index contributed by atoms with van der Waals surface area (Å²) in [5.74, 6) is -2.98. The van der Waals surface area contributed by atoms with Crippen LogP contribution in [0.25, 0.3) is 0 Å². The van der Waals surface area contributed by atoms with Gasteiger partial charge in [0, 0.05) is 12.2 Å². The fraction of sp³-hybridized carbons (Fsp3) is 0.167. The van der Waals surface area contributed by atoms with E-state index in [1.54, 1.807) is 0 Å². The average molecular weight is 190 g/mol. The second kappa shape index (κ2) is 8.21. The maximum Gasteiger partial charge on any atom is 0.328 e. The molecule has 6 N–H and O–H groups in total. The number of primary amides is 1. The molecule has 0 unspecified atom stereocenters. The van der Waals surface area contributed by atoms with E-state index in [0.717, 1.165) is 0 Å². The summed E-state index contributed by atoms with van der Waals surface area (Å²) in [5.41, 5.74) is 9.22. The number of amides is 1. The number of hydrogen-bond donors (Lipinski definition) is 4. The standard InChI is InChI=1S/C4H4O4.C2H6N2O/c5-3(6)1-2-4(7)8;3-1-2(4)5/h1-2H,(H,5,6)(H,7,8);1,3H2,(H2,4,5). The van der Waals surface area contributed by atoms with Crippen LogP contribution < -0.4 is 11.5 Å². The summed E-state index contributed by atoms with van der Waals surface area (Å²) in [7, 11) is 0. The molecule has 0 aromatic rings. The first kappa shape index (κ1) is 13.7. The summed E-state index contributed by atoms with van der Waals surface area (Å²) in [6, 6.07) is 0. The smallest absolute Gasteiger partial charge is 0.328 e. The first-order valence-electron chi connectivity index (χ1n) is 3.02. The highest BCUT2D eigenvalue weighted by molar-refractivity contribution is 5.89. The number of carboxylic acid groups (broad SMARTS) is 2. The Hall–Kier alpha value is -1.89. The van der Waals surface area contributed by atoms with Crippen molar-refractivity contribution in [3.05, 3.63) is 12.2 Å². The van der Waals surface area contributed by atoms with Crippen molar-refractivity contribution in [3.8, 4) is 0 Å². The lowest BCUT2D eigenvalue weighted by Gasteiger charge is -1.74. The zero-order valence-electron chi connectivity index (χ0n) is 6.64. The SMILES string of the molecule is NCC(N)=O.O=C(O)C=CC(=O)O. The molecular formula is C6H10N2O5. The van der Waals surface area contributed by atoms with Gasteiger partial charge in [0.15, 0.2) is 0 Å². The van der Waals surface area contributed by atoms with Crippen LogP contribution in [-0.4, -0.2) is 34.6 Å². The first-order valence-corrected chi connectivity index (χ1v) is 3.02. The Labute approximate surface area is 73.6 Å². The molecule has 0 rings (SSSR count). The molecule has 0 aromatic heterocycles. The van der Waals surface area contributed by atoms with Crippen LogP contribution in [0.15, 0.2) is 12.2 Å². The van der Waals surface area contributed by atoms with Crippen molar-refractivity contribution >= 4 is 17.8 Å². The fourth-order valence-corrected chi connectivity index (χ4v) is 0.143. The minimum Gasteiger partial charge on any atom is -0.478 e. The maximum absolute atomic E-state index is 9.55. The number of carbonyl (C=O) groups is 3. The molecule has 1 amide bonds. The van der Waals surface area contributed by atoms with Gasteiger partial charge in [-0.25, -0.2) is 9.59 Å². The van der Waals surface area contributed by atoms with Gasteiger partial charge in [0.25, 0.3) is 0 Å². The molecule has 0 spiro atoms. The minimum absolute atomic E-state index is 0.0556. The van der Waals surface area contributed by atoms with Crippen molar-refractivity contribution in [2.24, 2.45) is 11.5 Å². The van der Waals surface area contributed by atoms with Crippen molar-refractivity contribution < 1.29 is 24.6 Å². The molecular weight excluding hydrogens is 180 g/mol. The van der Waals surface area contributed by atoms with E-state index >= 15 is 0 Å². The number of carboxylic acids is 2. The highest BCUT2D eigenvalue weighted by Crippen LogP contribution is 1.70. The van der Waals surface area contributed by atoms with Crippen molar-refractivity contribution in [1.29, 1.82) is 0 Å². The summed E-state index contributed by atoms with van der Waals surface area (Å²) >= 11 is 0. The fourth-order valence-electron chi connectivity index (χ4n) is 0.143. The molecule has 13 heavy (non-hydrogen) atoms. The van der Waals surface area contributed by atoms with Crippen LogP contribution in [-0.2, 0) is 14.4 Å². The van der Waals surface area contributed by atoms with Crippen LogP contribution in [0.1, 0.15) is 0 Å². The highest BCUT2D eigenvalue weighted by Gasteiger charge is 1.88. The number of carbonyl (C=O) groups excluding carboxylic acids is 1. The topological polar surface area (TPSA) is 144 Å². The molecule has 0 heterocycles. The zero-order valence-corrected chi connectivity index (χ0v) is 6.64. The Balaban J connectivity index is 0. The van der Waals surface area contributed by atoms with Crippen LogP contribution in [0.2, 0.25) is 0 Å². The van der Waals surface area contributed by atoms with E-state index in [-0.39, 0.29) is 6.54 Å². The molecule has 0 aliphatic carbocycles. The van der Waals surface area contributed by atoms with Crippen molar-refractivity contribution in [2.75, 3.05) is 6.54 Å². The van der Waals surface area contributed by atoms with E-state index in [9.17, 15) is 14.4 Å². The number of rotatable bonds is 3. The van der Waals surface area contributed by atoms with Gasteiger partial charge in [0.2, 0.25) is 5.91 Å². The maximum atomic E-state index is 9.55. The predicted octanol–water partition coefficient (Wildman–Crippen LogP) is -1.86. The zero-order chi connectivity index (χ0) is 10.9. The van der Waals surface area contributed by atoms with Gasteiger partial charge in [-0.15, -0.1) is 0 Å². The largest absolute Gasteiger partial charge is 0.478 e. The molecule has 74 valence electrons. The lowest BCUT2D eigenvalue weighted by Crippen LogP contribution is -2.21. The third-order valence-electron chi connectivity index (χ3n) is 0.570. The molecule has 0 saturated carbocycles. The van der Waals surface area contributed by atoms with Crippen molar-refractivity contribution in [3.63, 3.8) is 0 Å². The lowest BCUT2D eigenvalue weighted by atomic mass is 10.5. The van der Waals surface area contributed by atoms with E-state index in [1.165, 1.54) is 0 Å². The number of aliphatic carboxylic acids is 2. The van der Waals surface area contributed by atoms with Gasteiger partial charge in [-0.1, -0.05) is 0 Å². The molecule has 0 bridgehead atoms. The predicted molar refractivity (Wildman–Crippen MR) is 42.7 cm³/mol. The number of hydrogen-bond acceptors (Lipinski definition) is 4. The molecule has 0 radical (unpaired) electrons. The van der Waals surface area contributed by atoms with Crippen LogP contribution >= 0.6 is 0 Å². The summed E-state index contributed by atoms with van der Waals surface area (Å²) in [4.78, 5) is 28.6. The average Bonchev–Trinajstić information content (AvgIpc) is 2.02. The van der Waals surface area contributed by atoms with Crippen molar-refractivity contribution in [1.82, 2.24) is 0 Å². The van der Waals surface area contributed by atoms with Gasteiger partial charge in [0.1, 0.15) is 0 Å². The molecule has 0 aromatic carbocycles. The van der Waals surface area contributed by atoms with Crippen LogP contribution in [0.3, 0.4) is 0 Å². The Morgan fingerprint density at radius 3 is 1.38 bits per heavy atom. The third kappa shape index (κ3) is 25.5. The molecule has 7 heteroatoms. The second-order valence-corrected chi connectivity index (χ2v) is 1.68. The van der Waals surface area contributed by atoms with Crippen LogP contribution in [0.4, 0.5) is 0 Å². The molecule has 0 aliphatic rings. The lowest BCUT2D eigenvalue weighted by molar-refractivity contribution is -0.134. The first-order chi connectivity index (χ1) is 5.90. The third-order valence-corrected chi connectivity index (χ3v) is 0.570. The Morgan fingerprint density at radius 2 is 1.31 bits per heavy atom. The van der Waals surface area contributed by atoms with E-state index in [1.807, 2.05) is 0 Å². The summed E-state index contributed by atoms with van der Waals surface area (Å²) in [5, 5.41) is 15.6. The van der Waals surface area contributed by atoms with E-state index < -0.39 is 17.8 Å². The summed E-state index contributed by atoms with van der Waals surface area (Å²) in [6.07, 6.45) is 1.12. The Bertz CT molecular complexity index is 207. The van der Waals surface area contributed by atoms with Gasteiger partial charge in [-0.05, 0) is 0 Å². The Kier molecular flexibility index (Phi) is 8.64. The van der Waals surface area contributed by atoms with Crippen LogP contribution in [0.5, 0.6) is 0 Å². The summed E-state index contributed by atoms with van der Waals surface area (Å²) < 4.78 is 0. The van der Waals surface area contributed by atoms with E-state index in [0.29, 0.717) is 12.2 Å². The molecule has 0 fully saturated rings. The van der Waals surface area contributed by atoms with Crippen molar-refractivity contribution in [2.45, 2.75) is 0 Å². The minimum atomic E-state index is -1.26. The van der Waals surface area contributed by atoms with Gasteiger partial charge >= 0.3 is 11.9 Å². The van der Waals surface area contributed by atoms with Gasteiger partial charge in [-0.2, -0.15) is 0 Å². The second-order valence-electron chi connectivity index (χ2n) is 1.68. The monoisotopic (exact) mass is 190 g/mol. The highest BCUT2D eigenvalue weighted by atomic mass is 16.4. The quantitative estimate of drug-likeness (QED) is 0.384. The van der Waals surface area contributed by atoms with Crippen LogP contribution in [0, 0.1) is 0 Å². The Morgan fingerprint density at radius 1 is 1.08 bits per heavy atom. The van der Waals surface area contributed by atoms with Gasteiger partial charge in [0.05, 0.1) is 6.54 Å². The number of nitrogens with two attached hydrogens (primary N) is 2. The molecule has 0 aliphatic heterocycles. The molecule has 0 atom stereocenters. The van der Waals surface area contributed by atoms with E-state index in [2.05, 4.69) is 5.73 Å². The van der Waals surface area contributed by atoms with Gasteiger partial charge in [-0.3, -0.25) is 4.79 Å². The van der Waals surface area contributed by atoms with Gasteiger partial charge < -0.3 is 21.7 Å². The van der Waals surface area contributed by atoms with E-state index in [4.69, 9.17) is 15.9 Å².